The number of hydrogen-bond acceptors (Lipinski definition) is 6. The standard InChI is InChI=1S/2C7H7NO3S.Ru/c2*8-7(9)5-1-3-6(4-2-5)12(10)11;/h2*1-4H,(H3,8,9,10,11);/q;;+4/p-4. The van der Waals surface area contributed by atoms with Crippen LogP contribution in [-0.2, 0) is 41.6 Å². The quantitative estimate of drug-likeness (QED) is 0.494. The fourth-order valence-electron chi connectivity index (χ4n) is 1.43. The van der Waals surface area contributed by atoms with Crippen molar-refractivity contribution in [1.82, 2.24) is 0 Å². The van der Waals surface area contributed by atoms with Crippen molar-refractivity contribution in [2.45, 2.75) is 9.79 Å². The zero-order chi connectivity index (χ0) is 18.3. The summed E-state index contributed by atoms with van der Waals surface area (Å²) in [4.78, 5) is 21.1. The van der Waals surface area contributed by atoms with Crippen molar-refractivity contribution < 1.29 is 46.6 Å². The van der Waals surface area contributed by atoms with Gasteiger partial charge in [0.2, 0.25) is 0 Å². The Morgan fingerprint density at radius 1 is 0.680 bits per heavy atom. The van der Waals surface area contributed by atoms with Gasteiger partial charge >= 0.3 is 19.5 Å². The van der Waals surface area contributed by atoms with Gasteiger partial charge in [0.05, 0.1) is 11.8 Å². The van der Waals surface area contributed by atoms with Crippen LogP contribution in [-0.4, -0.2) is 29.3 Å². The minimum absolute atomic E-state index is 0. The van der Waals surface area contributed by atoms with Gasteiger partial charge in [-0.1, -0.05) is 24.3 Å². The van der Waals surface area contributed by atoms with Gasteiger partial charge in [-0.3, -0.25) is 8.42 Å². The average Bonchev–Trinajstić information content (AvgIpc) is 2.55. The summed E-state index contributed by atoms with van der Waals surface area (Å²) in [6.07, 6.45) is 0. The third kappa shape index (κ3) is 7.76. The molecule has 0 aliphatic heterocycles. The molecule has 8 nitrogen and oxygen atoms in total. The molecular weight excluding hydrogens is 457 g/mol. The van der Waals surface area contributed by atoms with Crippen LogP contribution in [0.5, 0.6) is 0 Å². The minimum Gasteiger partial charge on any atom is -0.768 e. The monoisotopic (exact) mass is 468 g/mol. The van der Waals surface area contributed by atoms with Crippen molar-refractivity contribution in [3.8, 4) is 0 Å². The van der Waals surface area contributed by atoms with Crippen molar-refractivity contribution in [1.29, 1.82) is 0 Å². The van der Waals surface area contributed by atoms with E-state index in [2.05, 4.69) is 0 Å². The Morgan fingerprint density at radius 3 is 1.08 bits per heavy atom. The van der Waals surface area contributed by atoms with Crippen LogP contribution >= 0.6 is 0 Å². The molecule has 0 bridgehead atoms. The Hall–Kier alpha value is -1.78. The Morgan fingerprint density at radius 2 is 0.920 bits per heavy atom. The third-order valence-corrected chi connectivity index (χ3v) is 3.93. The summed E-state index contributed by atoms with van der Waals surface area (Å²) in [7, 11) is 0. The van der Waals surface area contributed by atoms with Crippen LogP contribution in [0.1, 0.15) is 20.7 Å². The number of carbonyl (C=O) groups excluding carboxylic acids is 2. The van der Waals surface area contributed by atoms with Crippen LogP contribution < -0.4 is 0 Å². The average molecular weight is 467 g/mol. The summed E-state index contributed by atoms with van der Waals surface area (Å²) in [5.74, 6) is -1.64. The van der Waals surface area contributed by atoms with Gasteiger partial charge in [-0.2, -0.15) is 0 Å². The van der Waals surface area contributed by atoms with Crippen molar-refractivity contribution in [3.05, 3.63) is 71.1 Å². The normalized spacial score (nSPS) is 11.9. The molecule has 0 radical (unpaired) electrons. The van der Waals surface area contributed by atoms with Crippen molar-refractivity contribution >= 4 is 34.0 Å². The van der Waals surface area contributed by atoms with Gasteiger partial charge in [0.25, 0.3) is 0 Å². The van der Waals surface area contributed by atoms with Crippen molar-refractivity contribution in [2.75, 3.05) is 0 Å². The first-order valence-electron chi connectivity index (χ1n) is 6.13. The van der Waals surface area contributed by atoms with Crippen LogP contribution in [0.25, 0.3) is 11.5 Å². The van der Waals surface area contributed by atoms with Crippen LogP contribution in [0.2, 0.25) is 0 Å². The number of benzene rings is 2. The molecule has 2 atom stereocenters. The molecule has 2 unspecified atom stereocenters. The molecule has 0 aromatic heterocycles. The SMILES string of the molecule is [NH-]C(=O)c1ccc(S(=O)[O-])cc1.[NH-]C(=O)c1ccc(S(=O)[O-])cc1.[Ru+4]. The second kappa shape index (κ2) is 11.0. The number of carbonyl (C=O) groups is 2. The topological polar surface area (TPSA) is 162 Å². The molecule has 2 aromatic carbocycles. The van der Waals surface area contributed by atoms with E-state index in [9.17, 15) is 27.1 Å². The van der Waals surface area contributed by atoms with E-state index < -0.39 is 34.0 Å². The molecule has 0 aliphatic carbocycles. The molecule has 2 N–H and O–H groups in total. The molecular formula is C14H10N2O6RuS2. The smallest absolute Gasteiger partial charge is 0.768 e. The van der Waals surface area contributed by atoms with E-state index in [1.807, 2.05) is 0 Å². The van der Waals surface area contributed by atoms with Crippen LogP contribution in [0.4, 0.5) is 0 Å². The predicted octanol–water partition coefficient (Wildman–Crippen LogP) is 2.23. The minimum atomic E-state index is -2.27. The molecule has 25 heavy (non-hydrogen) atoms. The molecule has 0 saturated carbocycles. The maximum atomic E-state index is 10.4. The molecule has 0 fully saturated rings. The first kappa shape index (κ1) is 23.2. The Kier molecular flexibility index (Phi) is 10.2. The van der Waals surface area contributed by atoms with E-state index in [1.165, 1.54) is 48.5 Å². The van der Waals surface area contributed by atoms with Gasteiger partial charge < -0.3 is 30.2 Å². The summed E-state index contributed by atoms with van der Waals surface area (Å²) in [6.45, 7) is 0. The van der Waals surface area contributed by atoms with E-state index >= 15 is 0 Å². The Bertz CT molecular complexity index is 647. The second-order valence-corrected chi connectivity index (χ2v) is 6.06. The fraction of sp³-hybridized carbons (Fsp3) is 0. The third-order valence-electron chi connectivity index (χ3n) is 2.62. The summed E-state index contributed by atoms with van der Waals surface area (Å²) in [5.41, 5.74) is 13.8. The first-order valence-corrected chi connectivity index (χ1v) is 8.28. The molecule has 2 rings (SSSR count). The molecule has 0 saturated heterocycles. The molecule has 11 heteroatoms. The van der Waals surface area contributed by atoms with E-state index in [-0.39, 0.29) is 40.4 Å². The second-order valence-electron chi connectivity index (χ2n) is 4.18. The van der Waals surface area contributed by atoms with E-state index in [0.717, 1.165) is 0 Å². The predicted molar refractivity (Wildman–Crippen MR) is 84.6 cm³/mol. The summed E-state index contributed by atoms with van der Waals surface area (Å²) < 4.78 is 41.4. The largest absolute Gasteiger partial charge is 4.00 e. The van der Waals surface area contributed by atoms with Crippen molar-refractivity contribution in [3.63, 3.8) is 0 Å². The van der Waals surface area contributed by atoms with Gasteiger partial charge in [0.1, 0.15) is 0 Å². The van der Waals surface area contributed by atoms with Gasteiger partial charge in [-0.15, -0.1) is 0 Å². The number of hydrogen-bond donors (Lipinski definition) is 0. The Balaban J connectivity index is 0.000000443. The fourth-order valence-corrected chi connectivity index (χ4v) is 2.15. The summed E-state index contributed by atoms with van der Waals surface area (Å²) in [6, 6.07) is 10.4. The molecule has 2 aromatic rings. The van der Waals surface area contributed by atoms with Gasteiger partial charge in [-0.25, -0.2) is 0 Å². The number of amides is 2. The van der Waals surface area contributed by atoms with Crippen LogP contribution in [0.3, 0.4) is 0 Å². The van der Waals surface area contributed by atoms with Crippen LogP contribution in [0.15, 0.2) is 58.3 Å². The number of rotatable bonds is 4. The summed E-state index contributed by atoms with van der Waals surface area (Å²) in [5, 5.41) is 0. The van der Waals surface area contributed by atoms with E-state index in [1.54, 1.807) is 0 Å². The number of nitrogens with one attached hydrogen (secondary N) is 2. The maximum Gasteiger partial charge on any atom is 4.00 e. The molecule has 0 spiro atoms. The van der Waals surface area contributed by atoms with Crippen molar-refractivity contribution in [2.24, 2.45) is 0 Å². The first-order chi connectivity index (χ1) is 11.2. The van der Waals surface area contributed by atoms with Gasteiger partial charge in [0, 0.05) is 9.79 Å². The Labute approximate surface area is 161 Å². The zero-order valence-corrected chi connectivity index (χ0v) is 15.6. The molecule has 2 amide bonds. The summed E-state index contributed by atoms with van der Waals surface area (Å²) >= 11 is -4.55. The molecule has 132 valence electrons. The maximum absolute atomic E-state index is 10.4. The van der Waals surface area contributed by atoms with E-state index in [4.69, 9.17) is 11.5 Å². The van der Waals surface area contributed by atoms with Gasteiger partial charge in [-0.05, 0) is 57.6 Å². The molecule has 0 aliphatic rings. The van der Waals surface area contributed by atoms with Crippen LogP contribution in [0, 0.1) is 0 Å². The van der Waals surface area contributed by atoms with Gasteiger partial charge in [0.15, 0.2) is 0 Å². The zero-order valence-electron chi connectivity index (χ0n) is 12.2. The molecule has 0 heterocycles. The van der Waals surface area contributed by atoms with E-state index in [0.29, 0.717) is 0 Å².